The Balaban J connectivity index is 3.05. The molecule has 0 saturated heterocycles. The van der Waals surface area contributed by atoms with E-state index in [-0.39, 0.29) is 12.7 Å². The molecular weight excluding hydrogens is 174 g/mol. The second-order valence-electron chi connectivity index (χ2n) is 2.52. The van der Waals surface area contributed by atoms with Gasteiger partial charge in [-0.15, -0.1) is 0 Å². The highest BCUT2D eigenvalue weighted by molar-refractivity contribution is 4.51. The second-order valence-corrected chi connectivity index (χ2v) is 2.52. The summed E-state index contributed by atoms with van der Waals surface area (Å²) in [4.78, 5) is 0. The van der Waals surface area contributed by atoms with Crippen molar-refractivity contribution in [2.75, 3.05) is 46.7 Å². The summed E-state index contributed by atoms with van der Waals surface area (Å²) in [7, 11) is 1.54. The summed E-state index contributed by atoms with van der Waals surface area (Å²) in [6.45, 7) is 2.46. The molecule has 3 N–H and O–H groups in total. The molecule has 0 aromatic carbocycles. The lowest BCUT2D eigenvalue weighted by Crippen LogP contribution is -2.23. The summed E-state index contributed by atoms with van der Waals surface area (Å²) in [5, 5.41) is 8.71. The molecule has 0 radical (unpaired) electrons. The van der Waals surface area contributed by atoms with E-state index in [0.717, 1.165) is 0 Å². The molecule has 0 spiro atoms. The number of aliphatic hydroxyl groups excluding tert-OH is 1. The first-order valence-electron chi connectivity index (χ1n) is 4.34. The Bertz CT molecular complexity index is 98.1. The zero-order chi connectivity index (χ0) is 9.94. The summed E-state index contributed by atoms with van der Waals surface area (Å²) in [5.74, 6) is 0. The van der Waals surface area contributed by atoms with Gasteiger partial charge in [-0.05, 0) is 0 Å². The van der Waals surface area contributed by atoms with Crippen LogP contribution in [0.15, 0.2) is 0 Å². The van der Waals surface area contributed by atoms with Crippen molar-refractivity contribution >= 4 is 0 Å². The number of aliphatic hydroxyl groups is 1. The maximum Gasteiger partial charge on any atom is 0.103 e. The van der Waals surface area contributed by atoms with Gasteiger partial charge in [0.2, 0.25) is 0 Å². The van der Waals surface area contributed by atoms with Crippen molar-refractivity contribution in [2.45, 2.75) is 6.10 Å². The Kier molecular flexibility index (Phi) is 9.73. The number of rotatable bonds is 9. The largest absolute Gasteiger partial charge is 0.394 e. The van der Waals surface area contributed by atoms with E-state index in [9.17, 15) is 0 Å². The topological polar surface area (TPSA) is 73.9 Å². The van der Waals surface area contributed by atoms with Crippen molar-refractivity contribution in [2.24, 2.45) is 5.73 Å². The molecule has 1 unspecified atom stereocenters. The number of methoxy groups -OCH3 is 1. The van der Waals surface area contributed by atoms with Crippen molar-refractivity contribution in [3.63, 3.8) is 0 Å². The minimum Gasteiger partial charge on any atom is -0.394 e. The molecule has 0 aliphatic heterocycles. The Morgan fingerprint density at radius 1 is 1.23 bits per heavy atom. The average Bonchev–Trinajstić information content (AvgIpc) is 2.17. The van der Waals surface area contributed by atoms with Crippen molar-refractivity contribution in [3.05, 3.63) is 0 Å². The van der Waals surface area contributed by atoms with Crippen LogP contribution >= 0.6 is 0 Å². The minimum absolute atomic E-state index is 0.0276. The lowest BCUT2D eigenvalue weighted by Gasteiger charge is -2.12. The lowest BCUT2D eigenvalue weighted by atomic mass is 10.4. The van der Waals surface area contributed by atoms with Gasteiger partial charge >= 0.3 is 0 Å². The predicted molar refractivity (Wildman–Crippen MR) is 48.6 cm³/mol. The molecule has 0 aliphatic rings. The lowest BCUT2D eigenvalue weighted by molar-refractivity contribution is -0.0333. The second kappa shape index (κ2) is 9.88. The summed E-state index contributed by atoms with van der Waals surface area (Å²) >= 11 is 0. The van der Waals surface area contributed by atoms with E-state index < -0.39 is 0 Å². The van der Waals surface area contributed by atoms with Gasteiger partial charge in [-0.3, -0.25) is 0 Å². The van der Waals surface area contributed by atoms with Crippen LogP contribution in [0, 0.1) is 0 Å². The van der Waals surface area contributed by atoms with Gasteiger partial charge < -0.3 is 25.1 Å². The van der Waals surface area contributed by atoms with Crippen LogP contribution in [0.3, 0.4) is 0 Å². The van der Waals surface area contributed by atoms with Crippen LogP contribution in [0.1, 0.15) is 0 Å². The molecule has 0 aliphatic carbocycles. The molecule has 0 amide bonds. The molecule has 5 nitrogen and oxygen atoms in total. The highest BCUT2D eigenvalue weighted by Gasteiger charge is 2.04. The Morgan fingerprint density at radius 3 is 2.46 bits per heavy atom. The van der Waals surface area contributed by atoms with Crippen molar-refractivity contribution < 1.29 is 19.3 Å². The standard InChI is InChI=1S/C8H19NO4/c1-11-8(6-10)7-13-5-4-12-3-2-9/h8,10H,2-7,9H2,1H3. The van der Waals surface area contributed by atoms with Gasteiger partial charge in [-0.25, -0.2) is 0 Å². The van der Waals surface area contributed by atoms with E-state index in [0.29, 0.717) is 33.0 Å². The molecule has 13 heavy (non-hydrogen) atoms. The van der Waals surface area contributed by atoms with Gasteiger partial charge in [0.1, 0.15) is 6.10 Å². The summed E-state index contributed by atoms with van der Waals surface area (Å²) in [6, 6.07) is 0. The summed E-state index contributed by atoms with van der Waals surface area (Å²) in [5.41, 5.74) is 5.22. The van der Waals surface area contributed by atoms with E-state index in [1.165, 1.54) is 7.11 Å². The van der Waals surface area contributed by atoms with Crippen molar-refractivity contribution in [3.8, 4) is 0 Å². The third kappa shape index (κ3) is 8.14. The maximum absolute atomic E-state index is 8.71. The molecule has 0 bridgehead atoms. The normalized spacial score (nSPS) is 13.2. The van der Waals surface area contributed by atoms with Gasteiger partial charge in [0.05, 0.1) is 33.0 Å². The van der Waals surface area contributed by atoms with E-state index in [1.807, 2.05) is 0 Å². The third-order valence-corrected chi connectivity index (χ3v) is 1.47. The molecule has 0 rings (SSSR count). The Hall–Kier alpha value is -0.200. The molecule has 0 fully saturated rings. The van der Waals surface area contributed by atoms with Crippen LogP contribution in [0.5, 0.6) is 0 Å². The van der Waals surface area contributed by atoms with E-state index >= 15 is 0 Å². The van der Waals surface area contributed by atoms with E-state index in [2.05, 4.69) is 0 Å². The molecule has 0 aromatic heterocycles. The fourth-order valence-corrected chi connectivity index (χ4v) is 0.713. The van der Waals surface area contributed by atoms with E-state index in [4.69, 9.17) is 25.1 Å². The smallest absolute Gasteiger partial charge is 0.103 e. The monoisotopic (exact) mass is 193 g/mol. The number of hydrogen-bond acceptors (Lipinski definition) is 5. The fourth-order valence-electron chi connectivity index (χ4n) is 0.713. The zero-order valence-corrected chi connectivity index (χ0v) is 8.07. The van der Waals surface area contributed by atoms with Crippen LogP contribution in [0.25, 0.3) is 0 Å². The Morgan fingerprint density at radius 2 is 1.92 bits per heavy atom. The quantitative estimate of drug-likeness (QED) is 0.459. The zero-order valence-electron chi connectivity index (χ0n) is 8.07. The van der Waals surface area contributed by atoms with Gasteiger partial charge in [0.25, 0.3) is 0 Å². The highest BCUT2D eigenvalue weighted by atomic mass is 16.5. The number of hydrogen-bond donors (Lipinski definition) is 2. The molecule has 0 aromatic rings. The van der Waals surface area contributed by atoms with Gasteiger partial charge in [0, 0.05) is 13.7 Å². The maximum atomic E-state index is 8.71. The predicted octanol–water partition coefficient (Wildman–Crippen LogP) is -1.01. The van der Waals surface area contributed by atoms with Crippen molar-refractivity contribution in [1.82, 2.24) is 0 Å². The molecule has 0 saturated carbocycles. The highest BCUT2D eigenvalue weighted by Crippen LogP contribution is 1.89. The van der Waals surface area contributed by atoms with Gasteiger partial charge in [-0.1, -0.05) is 0 Å². The minimum atomic E-state index is -0.241. The van der Waals surface area contributed by atoms with Crippen LogP contribution in [0.4, 0.5) is 0 Å². The van der Waals surface area contributed by atoms with Crippen LogP contribution in [0.2, 0.25) is 0 Å². The van der Waals surface area contributed by atoms with Gasteiger partial charge in [0.15, 0.2) is 0 Å². The molecular formula is C8H19NO4. The number of ether oxygens (including phenoxy) is 3. The first-order chi connectivity index (χ1) is 6.35. The summed E-state index contributed by atoms with van der Waals surface area (Å²) in [6.07, 6.45) is -0.241. The molecule has 5 heteroatoms. The van der Waals surface area contributed by atoms with Crippen LogP contribution < -0.4 is 5.73 Å². The first kappa shape index (κ1) is 12.8. The molecule has 80 valence electrons. The molecule has 1 atom stereocenters. The average molecular weight is 193 g/mol. The third-order valence-electron chi connectivity index (χ3n) is 1.47. The van der Waals surface area contributed by atoms with Crippen LogP contribution in [-0.4, -0.2) is 57.9 Å². The number of nitrogens with two attached hydrogens (primary N) is 1. The fraction of sp³-hybridized carbons (Fsp3) is 1.00. The SMILES string of the molecule is COC(CO)COCCOCCN. The van der Waals surface area contributed by atoms with Crippen molar-refractivity contribution in [1.29, 1.82) is 0 Å². The molecule has 0 heterocycles. The first-order valence-corrected chi connectivity index (χ1v) is 4.34. The van der Waals surface area contributed by atoms with E-state index in [1.54, 1.807) is 0 Å². The summed E-state index contributed by atoms with van der Waals surface area (Å²) < 4.78 is 15.1. The van der Waals surface area contributed by atoms with Gasteiger partial charge in [-0.2, -0.15) is 0 Å². The van der Waals surface area contributed by atoms with Crippen LogP contribution in [-0.2, 0) is 14.2 Å². The Labute approximate surface area is 78.8 Å².